The van der Waals surface area contributed by atoms with Gasteiger partial charge in [0.25, 0.3) is 0 Å². The average Bonchev–Trinajstić information content (AvgIpc) is 2.33. The van der Waals surface area contributed by atoms with Gasteiger partial charge in [0.05, 0.1) is 12.8 Å². The van der Waals surface area contributed by atoms with E-state index in [2.05, 4.69) is 9.97 Å². The minimum atomic E-state index is 0.114. The topological polar surface area (TPSA) is 61.0 Å². The summed E-state index contributed by atoms with van der Waals surface area (Å²) in [7, 11) is 1.58. The van der Waals surface area contributed by atoms with Gasteiger partial charge in [-0.25, -0.2) is 9.97 Å². The van der Waals surface area contributed by atoms with Gasteiger partial charge < -0.3 is 10.5 Å². The maximum absolute atomic E-state index is 6.00. The molecule has 0 aliphatic rings. The van der Waals surface area contributed by atoms with Crippen LogP contribution in [0.3, 0.4) is 0 Å². The Balaban J connectivity index is 2.72. The van der Waals surface area contributed by atoms with E-state index >= 15 is 0 Å². The fourth-order valence-electron chi connectivity index (χ4n) is 1.63. The van der Waals surface area contributed by atoms with Crippen molar-refractivity contribution < 1.29 is 4.74 Å². The number of halogens is 2. The lowest BCUT2D eigenvalue weighted by Crippen LogP contribution is -2.01. The fraction of sp³-hybridized carbons (Fsp3) is 0.167. The zero-order valence-corrected chi connectivity index (χ0v) is 11.4. The van der Waals surface area contributed by atoms with E-state index in [0.717, 1.165) is 11.1 Å². The molecular formula is C12H11Cl2N3O. The van der Waals surface area contributed by atoms with Gasteiger partial charge in [0.1, 0.15) is 10.9 Å². The monoisotopic (exact) mass is 283 g/mol. The summed E-state index contributed by atoms with van der Waals surface area (Å²) in [6.07, 6.45) is 0. The number of ether oxygens (including phenoxy) is 1. The molecule has 0 atom stereocenters. The highest BCUT2D eigenvalue weighted by Gasteiger charge is 2.14. The van der Waals surface area contributed by atoms with Crippen LogP contribution in [-0.4, -0.2) is 17.1 Å². The largest absolute Gasteiger partial charge is 0.496 e. The Morgan fingerprint density at radius 3 is 2.61 bits per heavy atom. The molecule has 0 spiro atoms. The molecule has 0 saturated carbocycles. The van der Waals surface area contributed by atoms with Crippen LogP contribution < -0.4 is 10.5 Å². The molecule has 0 unspecified atom stereocenters. The van der Waals surface area contributed by atoms with E-state index in [9.17, 15) is 0 Å². The SMILES string of the molecule is COc1ccc(Cl)cc1-c1nc(N)nc(Cl)c1C. The van der Waals surface area contributed by atoms with Crippen LogP contribution in [0.25, 0.3) is 11.3 Å². The Morgan fingerprint density at radius 1 is 1.22 bits per heavy atom. The molecule has 1 aromatic carbocycles. The molecule has 2 rings (SSSR count). The molecule has 0 amide bonds. The van der Waals surface area contributed by atoms with Crippen LogP contribution in [0.5, 0.6) is 5.75 Å². The Morgan fingerprint density at radius 2 is 1.94 bits per heavy atom. The lowest BCUT2D eigenvalue weighted by molar-refractivity contribution is 0.416. The molecule has 0 aliphatic heterocycles. The highest BCUT2D eigenvalue weighted by molar-refractivity contribution is 6.31. The first-order chi connectivity index (χ1) is 8.52. The number of benzene rings is 1. The van der Waals surface area contributed by atoms with E-state index in [0.29, 0.717) is 21.6 Å². The van der Waals surface area contributed by atoms with Crippen molar-refractivity contribution >= 4 is 29.2 Å². The predicted octanol–water partition coefficient (Wildman–Crippen LogP) is 3.35. The van der Waals surface area contributed by atoms with Crippen molar-refractivity contribution in [3.63, 3.8) is 0 Å². The number of hydrogen-bond donors (Lipinski definition) is 1. The second kappa shape index (κ2) is 5.00. The van der Waals surface area contributed by atoms with Crippen molar-refractivity contribution in [2.45, 2.75) is 6.92 Å². The third kappa shape index (κ3) is 2.35. The number of rotatable bonds is 2. The third-order valence-electron chi connectivity index (χ3n) is 2.52. The van der Waals surface area contributed by atoms with Crippen LogP contribution in [-0.2, 0) is 0 Å². The van der Waals surface area contributed by atoms with E-state index in [1.807, 2.05) is 6.92 Å². The second-order valence-electron chi connectivity index (χ2n) is 3.69. The second-order valence-corrected chi connectivity index (χ2v) is 4.49. The van der Waals surface area contributed by atoms with Gasteiger partial charge in [-0.15, -0.1) is 0 Å². The molecule has 0 radical (unpaired) electrons. The standard InChI is InChI=1S/C12H11Cl2N3O/c1-6-10(16-12(15)17-11(6)14)8-5-7(13)3-4-9(8)18-2/h3-5H,1-2H3,(H2,15,16,17). The molecule has 0 fully saturated rings. The van der Waals surface area contributed by atoms with E-state index in [4.69, 9.17) is 33.7 Å². The maximum Gasteiger partial charge on any atom is 0.222 e. The number of nitrogens with two attached hydrogens (primary N) is 1. The lowest BCUT2D eigenvalue weighted by Gasteiger charge is -2.11. The fourth-order valence-corrected chi connectivity index (χ4v) is 1.98. The smallest absolute Gasteiger partial charge is 0.222 e. The molecule has 0 aliphatic carbocycles. The van der Waals surface area contributed by atoms with Crippen LogP contribution in [0, 0.1) is 6.92 Å². The maximum atomic E-state index is 6.00. The van der Waals surface area contributed by atoms with E-state index < -0.39 is 0 Å². The third-order valence-corrected chi connectivity index (χ3v) is 3.12. The molecule has 94 valence electrons. The zero-order valence-electron chi connectivity index (χ0n) is 9.87. The molecule has 1 heterocycles. The first kappa shape index (κ1) is 12.9. The summed E-state index contributed by atoms with van der Waals surface area (Å²) in [6.45, 7) is 1.82. The van der Waals surface area contributed by atoms with Crippen LogP contribution in [0.15, 0.2) is 18.2 Å². The zero-order chi connectivity index (χ0) is 13.3. The highest BCUT2D eigenvalue weighted by Crippen LogP contribution is 2.35. The molecule has 0 saturated heterocycles. The normalized spacial score (nSPS) is 10.4. The summed E-state index contributed by atoms with van der Waals surface area (Å²) in [6, 6.07) is 5.26. The van der Waals surface area contributed by atoms with Gasteiger partial charge in [-0.3, -0.25) is 0 Å². The average molecular weight is 284 g/mol. The van der Waals surface area contributed by atoms with Gasteiger partial charge in [-0.05, 0) is 25.1 Å². The van der Waals surface area contributed by atoms with Crippen molar-refractivity contribution in [1.82, 2.24) is 9.97 Å². The minimum Gasteiger partial charge on any atom is -0.496 e. The Kier molecular flexibility index (Phi) is 3.59. The lowest BCUT2D eigenvalue weighted by atomic mass is 10.1. The van der Waals surface area contributed by atoms with Gasteiger partial charge in [0.15, 0.2) is 0 Å². The molecule has 2 aromatic rings. The first-order valence-electron chi connectivity index (χ1n) is 5.16. The summed E-state index contributed by atoms with van der Waals surface area (Å²) in [5.74, 6) is 0.763. The quantitative estimate of drug-likeness (QED) is 0.859. The van der Waals surface area contributed by atoms with Gasteiger partial charge >= 0.3 is 0 Å². The molecule has 1 aromatic heterocycles. The predicted molar refractivity (Wildman–Crippen MR) is 73.2 cm³/mol. The highest BCUT2D eigenvalue weighted by atomic mass is 35.5. The summed E-state index contributed by atoms with van der Waals surface area (Å²) in [5.41, 5.74) is 7.70. The Labute approximate surface area is 115 Å². The molecule has 6 heteroatoms. The van der Waals surface area contributed by atoms with Crippen molar-refractivity contribution in [1.29, 1.82) is 0 Å². The molecule has 2 N–H and O–H groups in total. The van der Waals surface area contributed by atoms with Gasteiger partial charge in [-0.2, -0.15) is 0 Å². The van der Waals surface area contributed by atoms with E-state index in [1.54, 1.807) is 25.3 Å². The van der Waals surface area contributed by atoms with E-state index in [1.165, 1.54) is 0 Å². The number of hydrogen-bond acceptors (Lipinski definition) is 4. The number of aromatic nitrogens is 2. The summed E-state index contributed by atoms with van der Waals surface area (Å²) in [4.78, 5) is 8.09. The van der Waals surface area contributed by atoms with Gasteiger partial charge in [0.2, 0.25) is 5.95 Å². The number of methoxy groups -OCH3 is 1. The number of nitrogen functional groups attached to an aromatic ring is 1. The Bertz CT molecular complexity index is 602. The number of anilines is 1. The van der Waals surface area contributed by atoms with E-state index in [-0.39, 0.29) is 5.95 Å². The van der Waals surface area contributed by atoms with Gasteiger partial charge in [0, 0.05) is 16.1 Å². The minimum absolute atomic E-state index is 0.114. The molecule has 0 bridgehead atoms. The van der Waals surface area contributed by atoms with Crippen LogP contribution >= 0.6 is 23.2 Å². The Hall–Kier alpha value is -1.52. The van der Waals surface area contributed by atoms with Crippen molar-refractivity contribution in [2.24, 2.45) is 0 Å². The summed E-state index contributed by atoms with van der Waals surface area (Å²) < 4.78 is 5.29. The van der Waals surface area contributed by atoms with Crippen LogP contribution in [0.4, 0.5) is 5.95 Å². The van der Waals surface area contributed by atoms with Crippen molar-refractivity contribution in [2.75, 3.05) is 12.8 Å². The number of nitrogens with zero attached hydrogens (tertiary/aromatic N) is 2. The summed E-state index contributed by atoms with van der Waals surface area (Å²) >= 11 is 12.0. The van der Waals surface area contributed by atoms with Crippen LogP contribution in [0.1, 0.15) is 5.56 Å². The summed E-state index contributed by atoms with van der Waals surface area (Å²) in [5, 5.41) is 0.901. The van der Waals surface area contributed by atoms with Crippen molar-refractivity contribution in [3.05, 3.63) is 33.9 Å². The first-order valence-corrected chi connectivity index (χ1v) is 5.92. The van der Waals surface area contributed by atoms with Gasteiger partial charge in [-0.1, -0.05) is 23.2 Å². The van der Waals surface area contributed by atoms with Crippen molar-refractivity contribution in [3.8, 4) is 17.0 Å². The molecular weight excluding hydrogens is 273 g/mol. The molecule has 18 heavy (non-hydrogen) atoms. The molecule has 4 nitrogen and oxygen atoms in total. The van der Waals surface area contributed by atoms with Crippen LogP contribution in [0.2, 0.25) is 10.2 Å².